The fourth-order valence-corrected chi connectivity index (χ4v) is 8.99. The van der Waals surface area contributed by atoms with E-state index in [1.54, 1.807) is 13.2 Å². The molecular formula is C39H49N7O9S. The number of ether oxygens (including phenoxy) is 3. The maximum Gasteiger partial charge on any atom is 0.272 e. The molecule has 17 heteroatoms. The van der Waals surface area contributed by atoms with Crippen LogP contribution >= 0.6 is 0 Å². The van der Waals surface area contributed by atoms with Crippen molar-refractivity contribution in [2.24, 2.45) is 5.92 Å². The number of aryl methyl sites for hydroxylation is 1. The number of methoxy groups -OCH3 is 1. The third kappa shape index (κ3) is 8.18. The van der Waals surface area contributed by atoms with Crippen molar-refractivity contribution in [2.75, 3.05) is 13.7 Å². The summed E-state index contributed by atoms with van der Waals surface area (Å²) in [6, 6.07) is 4.70. The van der Waals surface area contributed by atoms with E-state index < -0.39 is 68.5 Å². The number of allylic oxidation sites excluding steroid dienone is 1. The number of nitrogens with zero attached hydrogens (tertiary/aromatic N) is 3. The summed E-state index contributed by atoms with van der Waals surface area (Å²) in [6.07, 6.45) is 8.76. The predicted octanol–water partition coefficient (Wildman–Crippen LogP) is 3.21. The van der Waals surface area contributed by atoms with E-state index in [0.717, 1.165) is 18.4 Å². The second-order valence-corrected chi connectivity index (χ2v) is 17.4. The minimum absolute atomic E-state index is 0.0242. The van der Waals surface area contributed by atoms with Gasteiger partial charge in [-0.1, -0.05) is 25.0 Å². The zero-order valence-electron chi connectivity index (χ0n) is 32.0. The Kier molecular flexibility index (Phi) is 11.0. The Morgan fingerprint density at radius 1 is 1.07 bits per heavy atom. The maximum atomic E-state index is 14.6. The molecule has 2 aromatic heterocycles. The van der Waals surface area contributed by atoms with Crippen molar-refractivity contribution in [1.29, 1.82) is 0 Å². The number of nitrogens with one attached hydrogen (secondary N) is 4. The molecule has 2 saturated carbocycles. The fourth-order valence-electron chi connectivity index (χ4n) is 7.62. The van der Waals surface area contributed by atoms with E-state index in [9.17, 15) is 27.6 Å². The van der Waals surface area contributed by atoms with Gasteiger partial charge in [0.2, 0.25) is 27.7 Å². The van der Waals surface area contributed by atoms with E-state index >= 15 is 0 Å². The van der Waals surface area contributed by atoms with Gasteiger partial charge in [0.1, 0.15) is 40.9 Å². The van der Waals surface area contributed by atoms with Gasteiger partial charge in [0, 0.05) is 35.6 Å². The van der Waals surface area contributed by atoms with Gasteiger partial charge in [-0.3, -0.25) is 29.0 Å². The molecule has 2 aliphatic heterocycles. The second kappa shape index (κ2) is 15.7. The molecule has 300 valence electrons. The number of amides is 4. The molecule has 0 unspecified atom stereocenters. The number of hydrogen-bond donors (Lipinski definition) is 4. The van der Waals surface area contributed by atoms with Gasteiger partial charge in [-0.15, -0.1) is 0 Å². The first-order chi connectivity index (χ1) is 26.8. The lowest BCUT2D eigenvalue weighted by atomic mass is 10.0. The summed E-state index contributed by atoms with van der Waals surface area (Å²) in [4.78, 5) is 62.3. The average molecular weight is 792 g/mol. The summed E-state index contributed by atoms with van der Waals surface area (Å²) < 4.78 is 46.2. The summed E-state index contributed by atoms with van der Waals surface area (Å²) in [5, 5.41) is 12.3. The number of benzene rings is 1. The number of carbonyl (C=O) groups is 4. The number of aromatic amines is 1. The van der Waals surface area contributed by atoms with E-state index in [-0.39, 0.29) is 31.2 Å². The number of sulfonamides is 1. The van der Waals surface area contributed by atoms with Crippen LogP contribution in [0.25, 0.3) is 10.9 Å². The zero-order chi connectivity index (χ0) is 39.8. The van der Waals surface area contributed by atoms with Crippen LogP contribution in [0.4, 0.5) is 0 Å². The van der Waals surface area contributed by atoms with Crippen LogP contribution in [0.1, 0.15) is 87.7 Å². The minimum atomic E-state index is -3.90. The molecule has 0 radical (unpaired) electrons. The molecule has 3 fully saturated rings. The Balaban J connectivity index is 1.23. The van der Waals surface area contributed by atoms with Crippen molar-refractivity contribution in [3.63, 3.8) is 0 Å². The minimum Gasteiger partial charge on any atom is -0.496 e. The zero-order valence-corrected chi connectivity index (χ0v) is 32.8. The molecule has 2 aliphatic carbocycles. The molecule has 5 atom stereocenters. The van der Waals surface area contributed by atoms with Crippen LogP contribution < -0.4 is 29.6 Å². The number of pyridine rings is 1. The largest absolute Gasteiger partial charge is 0.496 e. The van der Waals surface area contributed by atoms with Gasteiger partial charge in [0.05, 0.1) is 30.5 Å². The number of H-pyrrole nitrogens is 1. The molecule has 0 spiro atoms. The van der Waals surface area contributed by atoms with Crippen LogP contribution in [0.2, 0.25) is 0 Å². The van der Waals surface area contributed by atoms with Crippen LogP contribution in [0, 0.1) is 12.8 Å². The van der Waals surface area contributed by atoms with E-state index in [4.69, 9.17) is 19.2 Å². The summed E-state index contributed by atoms with van der Waals surface area (Å²) in [5.41, 5.74) is -0.0333. The highest BCUT2D eigenvalue weighted by molar-refractivity contribution is 7.91. The van der Waals surface area contributed by atoms with E-state index in [2.05, 4.69) is 25.6 Å². The van der Waals surface area contributed by atoms with Gasteiger partial charge in [0.15, 0.2) is 0 Å². The standard InChI is InChI=1S/C39H49N7O9S/c1-22(2)54-33-19-32(27-14-15-31(53-4)23(3)34(27)42-33)55-25-18-30-36(48)43-39(38(50)45-56(51,52)26-12-13-26)20-24(39)10-8-6-5-7-9-11-29(37(49)46(30)21-25)41-35(47)28-16-17-40-44-28/h8,10,14-17,19,22,24-26,29-30H,5-7,9,11-13,18,20-21H2,1-4H3,(H,40,44)(H,41,47)(H,43,48)(H,45,50)/b10-8-/t24-,25-,29+,30+,39-/m1/s1. The maximum absolute atomic E-state index is 14.6. The molecule has 4 N–H and O–H groups in total. The first-order valence-electron chi connectivity index (χ1n) is 19.3. The quantitative estimate of drug-likeness (QED) is 0.219. The Labute approximate surface area is 325 Å². The molecule has 7 rings (SSSR count). The highest BCUT2D eigenvalue weighted by atomic mass is 32.2. The van der Waals surface area contributed by atoms with Gasteiger partial charge in [-0.05, 0) is 77.5 Å². The van der Waals surface area contributed by atoms with Crippen LogP contribution in [-0.2, 0) is 24.4 Å². The van der Waals surface area contributed by atoms with Gasteiger partial charge in [-0.25, -0.2) is 13.4 Å². The Morgan fingerprint density at radius 2 is 1.88 bits per heavy atom. The second-order valence-electron chi connectivity index (χ2n) is 15.4. The Bertz CT molecular complexity index is 2140. The Morgan fingerprint density at radius 3 is 2.59 bits per heavy atom. The molecule has 3 aromatic rings. The van der Waals surface area contributed by atoms with E-state index in [1.807, 2.05) is 45.1 Å². The molecule has 56 heavy (non-hydrogen) atoms. The third-order valence-electron chi connectivity index (χ3n) is 10.9. The van der Waals surface area contributed by atoms with E-state index in [0.29, 0.717) is 60.4 Å². The number of rotatable bonds is 10. The van der Waals surface area contributed by atoms with Crippen LogP contribution in [0.3, 0.4) is 0 Å². The summed E-state index contributed by atoms with van der Waals surface area (Å²) >= 11 is 0. The van der Waals surface area contributed by atoms with Crippen LogP contribution in [-0.4, -0.2) is 101 Å². The van der Waals surface area contributed by atoms with Crippen LogP contribution in [0.5, 0.6) is 17.4 Å². The first kappa shape index (κ1) is 39.1. The molecule has 1 saturated heterocycles. The monoisotopic (exact) mass is 791 g/mol. The topological polar surface area (TPSA) is 211 Å². The third-order valence-corrected chi connectivity index (χ3v) is 12.7. The number of fused-ring (bicyclic) bond motifs is 3. The molecule has 16 nitrogen and oxygen atoms in total. The van der Waals surface area contributed by atoms with Gasteiger partial charge < -0.3 is 29.7 Å². The van der Waals surface area contributed by atoms with E-state index in [1.165, 1.54) is 17.2 Å². The lowest BCUT2D eigenvalue weighted by Crippen LogP contribution is -2.58. The van der Waals surface area contributed by atoms with Crippen molar-refractivity contribution >= 4 is 44.6 Å². The van der Waals surface area contributed by atoms with Crippen molar-refractivity contribution in [1.82, 2.24) is 35.4 Å². The highest BCUT2D eigenvalue weighted by Gasteiger charge is 2.62. The summed E-state index contributed by atoms with van der Waals surface area (Å²) in [5.74, 6) is -1.51. The lowest BCUT2D eigenvalue weighted by molar-refractivity contribution is -0.141. The normalized spacial score (nSPS) is 26.3. The highest BCUT2D eigenvalue weighted by Crippen LogP contribution is 2.46. The van der Waals surface area contributed by atoms with Crippen molar-refractivity contribution in [2.45, 2.75) is 114 Å². The smallest absolute Gasteiger partial charge is 0.272 e. The number of carbonyl (C=O) groups excluding carboxylic acids is 4. The van der Waals surface area contributed by atoms with Gasteiger partial charge in [0.25, 0.3) is 11.8 Å². The molecule has 4 aliphatic rings. The lowest BCUT2D eigenvalue weighted by Gasteiger charge is -2.29. The molecular weight excluding hydrogens is 743 g/mol. The summed E-state index contributed by atoms with van der Waals surface area (Å²) in [7, 11) is -2.33. The predicted molar refractivity (Wildman–Crippen MR) is 204 cm³/mol. The van der Waals surface area contributed by atoms with Gasteiger partial charge >= 0.3 is 0 Å². The Hall–Kier alpha value is -5.19. The molecule has 4 amide bonds. The van der Waals surface area contributed by atoms with Crippen LogP contribution in [0.15, 0.2) is 42.6 Å². The SMILES string of the molecule is COc1ccc2c(O[C@@H]3C[C@H]4C(=O)N[C@]5(C(=O)NS(=O)(=O)C6CC6)C[C@H]5/C=C\CCCCC[C@H](NC(=O)c5cc[nH]n5)C(=O)N4C3)cc(OC(C)C)nc2c1C. The summed E-state index contributed by atoms with van der Waals surface area (Å²) in [6.45, 7) is 5.62. The number of aromatic nitrogens is 3. The molecule has 1 aromatic carbocycles. The molecule has 4 heterocycles. The first-order valence-corrected chi connectivity index (χ1v) is 20.8. The average Bonchev–Trinajstić information content (AvgIpc) is 4.01. The van der Waals surface area contributed by atoms with Crippen molar-refractivity contribution in [3.8, 4) is 17.4 Å². The fraction of sp³-hybridized carbons (Fsp3) is 0.538. The molecule has 0 bridgehead atoms. The number of hydrogen-bond acceptors (Lipinski definition) is 11. The van der Waals surface area contributed by atoms with Crippen molar-refractivity contribution in [3.05, 3.63) is 53.9 Å². The van der Waals surface area contributed by atoms with Gasteiger partial charge in [-0.2, -0.15) is 5.10 Å². The van der Waals surface area contributed by atoms with Crippen molar-refractivity contribution < 1.29 is 41.8 Å².